The molecule has 1 aliphatic rings. The van der Waals surface area contributed by atoms with Crippen molar-refractivity contribution in [2.45, 2.75) is 19.5 Å². The average Bonchev–Trinajstić information content (AvgIpc) is 2.08. The molecule has 0 amide bonds. The highest BCUT2D eigenvalue weighted by Crippen LogP contribution is 2.18. The summed E-state index contributed by atoms with van der Waals surface area (Å²) < 4.78 is 5.19. The van der Waals surface area contributed by atoms with E-state index in [1.807, 2.05) is 19.2 Å². The second kappa shape index (κ2) is 2.15. The largest absolute Gasteiger partial charge is 0.500 e. The summed E-state index contributed by atoms with van der Waals surface area (Å²) in [7, 11) is -2.09. The predicted octanol–water partition coefficient (Wildman–Crippen LogP) is 1.03. The SMILES string of the molecule is C[Si](C)(O)C1=CCCO1. The van der Waals surface area contributed by atoms with E-state index >= 15 is 0 Å². The first-order valence-corrected chi connectivity index (χ1v) is 6.11. The lowest BCUT2D eigenvalue weighted by Crippen LogP contribution is -2.28. The quantitative estimate of drug-likeness (QED) is 0.557. The molecule has 0 bridgehead atoms. The van der Waals surface area contributed by atoms with Gasteiger partial charge in [0.1, 0.15) is 5.38 Å². The molecule has 0 aromatic carbocycles. The van der Waals surface area contributed by atoms with Crippen LogP contribution in [-0.4, -0.2) is 19.7 Å². The molecule has 0 radical (unpaired) electrons. The number of ether oxygens (including phenoxy) is 1. The molecule has 2 nitrogen and oxygen atoms in total. The molecule has 0 spiro atoms. The van der Waals surface area contributed by atoms with Gasteiger partial charge >= 0.3 is 0 Å². The summed E-state index contributed by atoms with van der Waals surface area (Å²) >= 11 is 0. The molecule has 1 N–H and O–H groups in total. The number of hydrogen-bond acceptors (Lipinski definition) is 2. The van der Waals surface area contributed by atoms with Gasteiger partial charge in [-0.3, -0.25) is 0 Å². The second-order valence-electron chi connectivity index (χ2n) is 2.76. The van der Waals surface area contributed by atoms with Crippen molar-refractivity contribution in [3.05, 3.63) is 11.5 Å². The lowest BCUT2D eigenvalue weighted by Gasteiger charge is -2.14. The van der Waals surface area contributed by atoms with E-state index in [1.54, 1.807) is 0 Å². The third-order valence-electron chi connectivity index (χ3n) is 1.31. The Morgan fingerprint density at radius 2 is 2.33 bits per heavy atom. The highest BCUT2D eigenvalue weighted by Gasteiger charge is 2.27. The van der Waals surface area contributed by atoms with Gasteiger partial charge in [-0.1, -0.05) is 0 Å². The number of hydrogen-bond donors (Lipinski definition) is 1. The van der Waals surface area contributed by atoms with Crippen LogP contribution in [0.15, 0.2) is 11.5 Å². The smallest absolute Gasteiger partial charge is 0.253 e. The molecule has 0 aliphatic carbocycles. The number of rotatable bonds is 1. The van der Waals surface area contributed by atoms with E-state index in [-0.39, 0.29) is 0 Å². The van der Waals surface area contributed by atoms with Gasteiger partial charge in [-0.05, 0) is 19.2 Å². The lowest BCUT2D eigenvalue weighted by atomic mass is 10.5. The Bertz CT molecular complexity index is 134. The van der Waals surface area contributed by atoms with E-state index in [0.29, 0.717) is 0 Å². The molecule has 1 heterocycles. The first-order chi connectivity index (χ1) is 4.11. The van der Waals surface area contributed by atoms with Crippen LogP contribution in [0.25, 0.3) is 0 Å². The van der Waals surface area contributed by atoms with Crippen LogP contribution in [0, 0.1) is 0 Å². The molecule has 3 heteroatoms. The van der Waals surface area contributed by atoms with Gasteiger partial charge in [-0.15, -0.1) is 0 Å². The van der Waals surface area contributed by atoms with E-state index in [4.69, 9.17) is 4.74 Å². The zero-order chi connectivity index (χ0) is 6.91. The minimum absolute atomic E-state index is 0.756. The maximum absolute atomic E-state index is 9.46. The summed E-state index contributed by atoms with van der Waals surface area (Å²) in [4.78, 5) is 9.46. The van der Waals surface area contributed by atoms with Crippen molar-refractivity contribution < 1.29 is 9.53 Å². The molecular weight excluding hydrogens is 132 g/mol. The Hall–Kier alpha value is -0.283. The maximum Gasteiger partial charge on any atom is 0.253 e. The zero-order valence-corrected chi connectivity index (χ0v) is 6.85. The molecule has 0 fully saturated rings. The maximum atomic E-state index is 9.46. The van der Waals surface area contributed by atoms with Crippen LogP contribution in [0.2, 0.25) is 13.1 Å². The zero-order valence-electron chi connectivity index (χ0n) is 5.85. The average molecular weight is 144 g/mol. The Morgan fingerprint density at radius 3 is 2.56 bits per heavy atom. The van der Waals surface area contributed by atoms with E-state index in [2.05, 4.69) is 0 Å². The topological polar surface area (TPSA) is 29.5 Å². The highest BCUT2D eigenvalue weighted by atomic mass is 28.4. The molecular formula is C6H12O2Si. The fraction of sp³-hybridized carbons (Fsp3) is 0.667. The van der Waals surface area contributed by atoms with Gasteiger partial charge in [-0.2, -0.15) is 0 Å². The monoisotopic (exact) mass is 144 g/mol. The lowest BCUT2D eigenvalue weighted by molar-refractivity contribution is 0.255. The van der Waals surface area contributed by atoms with Gasteiger partial charge in [-0.25, -0.2) is 0 Å². The van der Waals surface area contributed by atoms with E-state index < -0.39 is 8.32 Å². The molecule has 0 aromatic rings. The van der Waals surface area contributed by atoms with Crippen LogP contribution in [-0.2, 0) is 4.74 Å². The molecule has 0 atom stereocenters. The van der Waals surface area contributed by atoms with Crippen molar-refractivity contribution in [3.63, 3.8) is 0 Å². The molecule has 1 aliphatic heterocycles. The highest BCUT2D eigenvalue weighted by molar-refractivity contribution is 6.76. The summed E-state index contributed by atoms with van der Waals surface area (Å²) in [6, 6.07) is 0. The van der Waals surface area contributed by atoms with Gasteiger partial charge in [0.2, 0.25) is 0 Å². The predicted molar refractivity (Wildman–Crippen MR) is 38.4 cm³/mol. The first kappa shape index (κ1) is 6.83. The third-order valence-corrected chi connectivity index (χ3v) is 2.86. The molecule has 9 heavy (non-hydrogen) atoms. The molecule has 52 valence electrons. The summed E-state index contributed by atoms with van der Waals surface area (Å²) in [5.74, 6) is 0. The Kier molecular flexibility index (Phi) is 1.63. The van der Waals surface area contributed by atoms with Crippen molar-refractivity contribution in [1.82, 2.24) is 0 Å². The van der Waals surface area contributed by atoms with Gasteiger partial charge in [0.15, 0.2) is 0 Å². The standard InChI is InChI=1S/C6H12O2Si/c1-9(2,7)6-4-3-5-8-6/h4,7H,3,5H2,1-2H3. The molecule has 0 saturated carbocycles. The van der Waals surface area contributed by atoms with Crippen LogP contribution in [0.1, 0.15) is 6.42 Å². The normalized spacial score (nSPS) is 19.2. The van der Waals surface area contributed by atoms with Crippen LogP contribution in [0.4, 0.5) is 0 Å². The van der Waals surface area contributed by atoms with Crippen molar-refractivity contribution >= 4 is 8.32 Å². The van der Waals surface area contributed by atoms with E-state index in [0.717, 1.165) is 18.4 Å². The fourth-order valence-electron chi connectivity index (χ4n) is 0.844. The van der Waals surface area contributed by atoms with E-state index in [9.17, 15) is 4.80 Å². The summed E-state index contributed by atoms with van der Waals surface area (Å²) in [5, 5.41) is 0.850. The third kappa shape index (κ3) is 1.56. The molecule has 1 rings (SSSR count). The van der Waals surface area contributed by atoms with Crippen LogP contribution < -0.4 is 0 Å². The Morgan fingerprint density at radius 1 is 1.67 bits per heavy atom. The van der Waals surface area contributed by atoms with Crippen molar-refractivity contribution in [2.24, 2.45) is 0 Å². The minimum atomic E-state index is -2.09. The van der Waals surface area contributed by atoms with Crippen LogP contribution >= 0.6 is 0 Å². The summed E-state index contributed by atoms with van der Waals surface area (Å²) in [6.45, 7) is 4.49. The van der Waals surface area contributed by atoms with Crippen LogP contribution in [0.5, 0.6) is 0 Å². The van der Waals surface area contributed by atoms with Gasteiger partial charge < -0.3 is 9.53 Å². The van der Waals surface area contributed by atoms with Crippen molar-refractivity contribution in [1.29, 1.82) is 0 Å². The van der Waals surface area contributed by atoms with Crippen LogP contribution in [0.3, 0.4) is 0 Å². The Labute approximate surface area is 56.3 Å². The molecule has 0 saturated heterocycles. The van der Waals surface area contributed by atoms with Gasteiger partial charge in [0.05, 0.1) is 6.61 Å². The van der Waals surface area contributed by atoms with E-state index in [1.165, 1.54) is 0 Å². The van der Waals surface area contributed by atoms with Gasteiger partial charge in [0.25, 0.3) is 8.32 Å². The minimum Gasteiger partial charge on any atom is -0.500 e. The van der Waals surface area contributed by atoms with Crippen molar-refractivity contribution in [2.75, 3.05) is 6.61 Å². The fourth-order valence-corrected chi connectivity index (χ4v) is 1.94. The van der Waals surface area contributed by atoms with Crippen molar-refractivity contribution in [3.8, 4) is 0 Å². The summed E-state index contributed by atoms with van der Waals surface area (Å²) in [6.07, 6.45) is 2.96. The molecule has 0 aromatic heterocycles. The second-order valence-corrected chi connectivity index (χ2v) is 6.38. The van der Waals surface area contributed by atoms with Gasteiger partial charge in [0, 0.05) is 6.42 Å². The molecule has 0 unspecified atom stereocenters. The Balaban J connectivity index is 2.61. The summed E-state index contributed by atoms with van der Waals surface area (Å²) in [5.41, 5.74) is 0. The first-order valence-electron chi connectivity index (χ1n) is 3.16.